The van der Waals surface area contributed by atoms with Crippen molar-refractivity contribution in [2.24, 2.45) is 5.16 Å². The zero-order valence-corrected chi connectivity index (χ0v) is 13.0. The number of hydrogen-bond donors (Lipinski definition) is 0. The molecule has 0 saturated heterocycles. The average Bonchev–Trinajstić information content (AvgIpc) is 2.59. The van der Waals surface area contributed by atoms with Crippen molar-refractivity contribution in [2.45, 2.75) is 0 Å². The van der Waals surface area contributed by atoms with E-state index >= 15 is 0 Å². The average molecular weight is 313 g/mol. The highest BCUT2D eigenvalue weighted by Gasteiger charge is 2.19. The van der Waals surface area contributed by atoms with Gasteiger partial charge in [-0.2, -0.15) is 0 Å². The van der Waals surface area contributed by atoms with E-state index in [9.17, 15) is 4.79 Å². The third-order valence-corrected chi connectivity index (χ3v) is 3.58. The van der Waals surface area contributed by atoms with Crippen molar-refractivity contribution in [3.05, 3.63) is 46.3 Å². The highest BCUT2D eigenvalue weighted by molar-refractivity contribution is 6.11. The molecular formula is C17H15NO5. The van der Waals surface area contributed by atoms with Gasteiger partial charge in [0.15, 0.2) is 17.1 Å². The van der Waals surface area contributed by atoms with Crippen LogP contribution in [-0.4, -0.2) is 27.5 Å². The Morgan fingerprint density at radius 1 is 1.04 bits per heavy atom. The lowest BCUT2D eigenvalue weighted by Crippen LogP contribution is -2.03. The molecule has 23 heavy (non-hydrogen) atoms. The molecule has 0 spiro atoms. The molecule has 1 heterocycles. The van der Waals surface area contributed by atoms with Crippen LogP contribution in [0.5, 0.6) is 11.5 Å². The standard InChI is InChI=1S/C17H15NO5/c1-20-14-8-12-10-6-4-5-7-11(10)17(19)23-15(12)13(9-18-22-3)16(14)21-2/h4-9H,1-3H3/b18-9-. The van der Waals surface area contributed by atoms with Gasteiger partial charge in [-0.15, -0.1) is 0 Å². The second-order valence-corrected chi connectivity index (χ2v) is 4.75. The van der Waals surface area contributed by atoms with Gasteiger partial charge in [-0.05, 0) is 12.1 Å². The van der Waals surface area contributed by atoms with Crippen LogP contribution in [0.4, 0.5) is 0 Å². The van der Waals surface area contributed by atoms with Crippen LogP contribution in [0.1, 0.15) is 5.56 Å². The Kier molecular flexibility index (Phi) is 3.89. The van der Waals surface area contributed by atoms with Gasteiger partial charge in [-0.3, -0.25) is 0 Å². The molecule has 0 saturated carbocycles. The lowest BCUT2D eigenvalue weighted by atomic mass is 10.0. The fourth-order valence-corrected chi connectivity index (χ4v) is 2.58. The van der Waals surface area contributed by atoms with Gasteiger partial charge in [0.1, 0.15) is 7.11 Å². The number of benzene rings is 2. The van der Waals surface area contributed by atoms with Crippen molar-refractivity contribution in [1.82, 2.24) is 0 Å². The summed E-state index contributed by atoms with van der Waals surface area (Å²) in [6.45, 7) is 0. The molecule has 0 N–H and O–H groups in total. The molecule has 2 aromatic carbocycles. The summed E-state index contributed by atoms with van der Waals surface area (Å²) in [5, 5.41) is 5.77. The fourth-order valence-electron chi connectivity index (χ4n) is 2.58. The van der Waals surface area contributed by atoms with Crippen molar-refractivity contribution < 1.29 is 18.7 Å². The number of rotatable bonds is 4. The zero-order valence-electron chi connectivity index (χ0n) is 13.0. The van der Waals surface area contributed by atoms with E-state index in [1.54, 1.807) is 25.3 Å². The molecule has 6 heteroatoms. The summed E-state index contributed by atoms with van der Waals surface area (Å²) >= 11 is 0. The number of oxime groups is 1. The molecule has 6 nitrogen and oxygen atoms in total. The third kappa shape index (κ3) is 2.38. The molecule has 0 aliphatic carbocycles. The minimum absolute atomic E-state index is 0.368. The number of hydrogen-bond acceptors (Lipinski definition) is 6. The summed E-state index contributed by atoms with van der Waals surface area (Å²) in [6.07, 6.45) is 1.43. The first-order chi connectivity index (χ1) is 11.2. The van der Waals surface area contributed by atoms with Gasteiger partial charge in [0.05, 0.1) is 31.4 Å². The molecule has 3 rings (SSSR count). The predicted octanol–water partition coefficient (Wildman–Crippen LogP) is 2.94. The first kappa shape index (κ1) is 14.9. The second-order valence-electron chi connectivity index (χ2n) is 4.75. The van der Waals surface area contributed by atoms with Crippen molar-refractivity contribution in [1.29, 1.82) is 0 Å². The Bertz CT molecular complexity index is 958. The lowest BCUT2D eigenvalue weighted by molar-refractivity contribution is 0.215. The van der Waals surface area contributed by atoms with Crippen molar-refractivity contribution in [2.75, 3.05) is 21.3 Å². The molecular weight excluding hydrogens is 298 g/mol. The van der Waals surface area contributed by atoms with Crippen molar-refractivity contribution in [3.63, 3.8) is 0 Å². The van der Waals surface area contributed by atoms with Crippen LogP contribution in [0.3, 0.4) is 0 Å². The van der Waals surface area contributed by atoms with Gasteiger partial charge in [0.2, 0.25) is 0 Å². The Morgan fingerprint density at radius 2 is 1.78 bits per heavy atom. The summed E-state index contributed by atoms with van der Waals surface area (Å²) in [7, 11) is 4.48. The van der Waals surface area contributed by atoms with Crippen LogP contribution in [0.25, 0.3) is 21.7 Å². The predicted molar refractivity (Wildman–Crippen MR) is 87.7 cm³/mol. The van der Waals surface area contributed by atoms with E-state index in [2.05, 4.69) is 5.16 Å². The third-order valence-electron chi connectivity index (χ3n) is 3.58. The van der Waals surface area contributed by atoms with Gasteiger partial charge < -0.3 is 18.7 Å². The SMILES string of the molecule is CO/N=C\c1c(OC)c(OC)cc2c1oc(=O)c1ccccc12. The van der Waals surface area contributed by atoms with Gasteiger partial charge in [0, 0.05) is 10.8 Å². The van der Waals surface area contributed by atoms with Gasteiger partial charge in [-0.1, -0.05) is 23.4 Å². The first-order valence-electron chi connectivity index (χ1n) is 6.88. The number of methoxy groups -OCH3 is 2. The maximum Gasteiger partial charge on any atom is 0.344 e. The molecule has 0 atom stereocenters. The molecule has 0 aliphatic heterocycles. The number of ether oxygens (including phenoxy) is 2. The summed E-state index contributed by atoms with van der Waals surface area (Å²) in [4.78, 5) is 17.0. The van der Waals surface area contributed by atoms with Crippen LogP contribution in [0.15, 0.2) is 44.7 Å². The molecule has 0 radical (unpaired) electrons. The summed E-state index contributed by atoms with van der Waals surface area (Å²) in [5.74, 6) is 0.927. The molecule has 118 valence electrons. The van der Waals surface area contributed by atoms with E-state index in [1.165, 1.54) is 20.4 Å². The highest BCUT2D eigenvalue weighted by Crippen LogP contribution is 2.38. The monoisotopic (exact) mass is 313 g/mol. The van der Waals surface area contributed by atoms with E-state index in [0.29, 0.717) is 28.0 Å². The molecule has 3 aromatic rings. The second kappa shape index (κ2) is 6.00. The molecule has 0 bridgehead atoms. The topological polar surface area (TPSA) is 70.3 Å². The van der Waals surface area contributed by atoms with Crippen molar-refractivity contribution >= 4 is 28.0 Å². The summed E-state index contributed by atoms with van der Waals surface area (Å²) in [5.41, 5.74) is 0.422. The molecule has 0 fully saturated rings. The fraction of sp³-hybridized carbons (Fsp3) is 0.176. The van der Waals surface area contributed by atoms with Gasteiger partial charge in [-0.25, -0.2) is 4.79 Å². The highest BCUT2D eigenvalue weighted by atomic mass is 16.6. The maximum absolute atomic E-state index is 12.3. The first-order valence-corrected chi connectivity index (χ1v) is 6.88. The Labute approximate surface area is 131 Å². The van der Waals surface area contributed by atoms with E-state index in [-0.39, 0.29) is 0 Å². The smallest absolute Gasteiger partial charge is 0.344 e. The van der Waals surface area contributed by atoms with Crippen LogP contribution in [-0.2, 0) is 4.84 Å². The van der Waals surface area contributed by atoms with Crippen LogP contribution in [0.2, 0.25) is 0 Å². The van der Waals surface area contributed by atoms with E-state index in [1.807, 2.05) is 12.1 Å². The van der Waals surface area contributed by atoms with Crippen LogP contribution in [0, 0.1) is 0 Å². The maximum atomic E-state index is 12.3. The summed E-state index contributed by atoms with van der Waals surface area (Å²) < 4.78 is 16.3. The van der Waals surface area contributed by atoms with E-state index in [4.69, 9.17) is 18.7 Å². The molecule has 1 aromatic heterocycles. The lowest BCUT2D eigenvalue weighted by Gasteiger charge is -2.13. The molecule has 0 unspecified atom stereocenters. The Balaban J connectivity index is 2.54. The van der Waals surface area contributed by atoms with Crippen LogP contribution >= 0.6 is 0 Å². The Morgan fingerprint density at radius 3 is 2.43 bits per heavy atom. The summed E-state index contributed by atoms with van der Waals surface area (Å²) in [6, 6.07) is 9.02. The number of nitrogens with zero attached hydrogens (tertiary/aromatic N) is 1. The minimum atomic E-state index is -0.424. The largest absolute Gasteiger partial charge is 0.493 e. The molecule has 0 amide bonds. The Hall–Kier alpha value is -3.02. The quantitative estimate of drug-likeness (QED) is 0.320. The van der Waals surface area contributed by atoms with Gasteiger partial charge in [0.25, 0.3) is 0 Å². The van der Waals surface area contributed by atoms with E-state index in [0.717, 1.165) is 10.8 Å². The minimum Gasteiger partial charge on any atom is -0.493 e. The normalized spacial score (nSPS) is 11.3. The zero-order chi connectivity index (χ0) is 16.4. The van der Waals surface area contributed by atoms with Crippen LogP contribution < -0.4 is 15.1 Å². The van der Waals surface area contributed by atoms with E-state index < -0.39 is 5.63 Å². The van der Waals surface area contributed by atoms with Crippen molar-refractivity contribution in [3.8, 4) is 11.5 Å². The van der Waals surface area contributed by atoms with Gasteiger partial charge >= 0.3 is 5.63 Å². The molecule has 0 aliphatic rings. The number of fused-ring (bicyclic) bond motifs is 3.